The van der Waals surface area contributed by atoms with Crippen LogP contribution in [0.1, 0.15) is 22.8 Å². The van der Waals surface area contributed by atoms with Gasteiger partial charge in [-0.15, -0.1) is 0 Å². The molecule has 1 fully saturated rings. The van der Waals surface area contributed by atoms with Crippen molar-refractivity contribution in [1.82, 2.24) is 9.29 Å². The quantitative estimate of drug-likeness (QED) is 0.760. The van der Waals surface area contributed by atoms with E-state index >= 15 is 0 Å². The van der Waals surface area contributed by atoms with Crippen LogP contribution < -0.4 is 4.90 Å². The molecule has 0 saturated carbocycles. The Labute approximate surface area is 152 Å². The van der Waals surface area contributed by atoms with Gasteiger partial charge in [-0.25, -0.2) is 13.4 Å². The minimum atomic E-state index is -3.64. The highest BCUT2D eigenvalue weighted by Gasteiger charge is 2.29. The summed E-state index contributed by atoms with van der Waals surface area (Å²) in [7, 11) is -3.64. The summed E-state index contributed by atoms with van der Waals surface area (Å²) in [5.74, 6) is 0.554. The van der Waals surface area contributed by atoms with Gasteiger partial charge >= 0.3 is 0 Å². The first kappa shape index (κ1) is 18.0. The normalized spacial score (nSPS) is 15.5. The van der Waals surface area contributed by atoms with Crippen LogP contribution in [0.15, 0.2) is 47.5 Å². The van der Waals surface area contributed by atoms with E-state index in [9.17, 15) is 13.2 Å². The summed E-state index contributed by atoms with van der Waals surface area (Å²) in [5.41, 5.74) is 0.867. The second kappa shape index (κ2) is 7.23. The van der Waals surface area contributed by atoms with Crippen LogP contribution in [-0.4, -0.2) is 49.7 Å². The van der Waals surface area contributed by atoms with Gasteiger partial charge < -0.3 is 4.90 Å². The maximum atomic E-state index is 12.8. The van der Waals surface area contributed by atoms with Gasteiger partial charge in [-0.05, 0) is 31.2 Å². The highest BCUT2D eigenvalue weighted by atomic mass is 32.2. The largest absolute Gasteiger partial charge is 0.354 e. The minimum Gasteiger partial charge on any atom is -0.354 e. The van der Waals surface area contributed by atoms with Crippen molar-refractivity contribution in [2.24, 2.45) is 0 Å². The maximum absolute atomic E-state index is 12.8. The Bertz CT molecular complexity index is 957. The summed E-state index contributed by atoms with van der Waals surface area (Å²) in [6.07, 6.45) is 1.51. The van der Waals surface area contributed by atoms with Gasteiger partial charge in [0.25, 0.3) is 0 Å². The lowest BCUT2D eigenvalue weighted by molar-refractivity contribution is 0.101. The van der Waals surface area contributed by atoms with E-state index < -0.39 is 10.0 Å². The predicted molar refractivity (Wildman–Crippen MR) is 96.4 cm³/mol. The topological polar surface area (TPSA) is 94.4 Å². The predicted octanol–water partition coefficient (Wildman–Crippen LogP) is 1.67. The molecule has 1 aromatic heterocycles. The van der Waals surface area contributed by atoms with Crippen LogP contribution >= 0.6 is 0 Å². The van der Waals surface area contributed by atoms with Crippen molar-refractivity contribution >= 4 is 21.6 Å². The third kappa shape index (κ3) is 3.59. The van der Waals surface area contributed by atoms with Gasteiger partial charge in [-0.1, -0.05) is 12.1 Å². The van der Waals surface area contributed by atoms with Crippen molar-refractivity contribution in [2.45, 2.75) is 11.8 Å². The second-order valence-corrected chi connectivity index (χ2v) is 7.93. The highest BCUT2D eigenvalue weighted by molar-refractivity contribution is 7.89. The van der Waals surface area contributed by atoms with E-state index in [4.69, 9.17) is 5.26 Å². The van der Waals surface area contributed by atoms with Gasteiger partial charge in [0.05, 0.1) is 10.5 Å². The molecule has 0 N–H and O–H groups in total. The van der Waals surface area contributed by atoms with Gasteiger partial charge in [0.1, 0.15) is 11.9 Å². The highest BCUT2D eigenvalue weighted by Crippen LogP contribution is 2.21. The smallest absolute Gasteiger partial charge is 0.243 e. The van der Waals surface area contributed by atoms with Gasteiger partial charge in [-0.3, -0.25) is 4.79 Å². The van der Waals surface area contributed by atoms with Crippen LogP contribution in [0.2, 0.25) is 0 Å². The lowest BCUT2D eigenvalue weighted by Gasteiger charge is -2.34. The Morgan fingerprint density at radius 3 is 2.46 bits per heavy atom. The third-order valence-corrected chi connectivity index (χ3v) is 6.21. The maximum Gasteiger partial charge on any atom is 0.243 e. The zero-order chi connectivity index (χ0) is 18.7. The molecular formula is C18H18N4O3S. The number of pyridine rings is 1. The van der Waals surface area contributed by atoms with Crippen LogP contribution in [0, 0.1) is 11.3 Å². The molecule has 26 heavy (non-hydrogen) atoms. The number of Topliss-reactive ketones (excluding diaryl/α,β-unsaturated/α-hetero) is 1. The molecule has 0 amide bonds. The number of rotatable bonds is 4. The minimum absolute atomic E-state index is 0.134. The van der Waals surface area contributed by atoms with Crippen molar-refractivity contribution in [3.63, 3.8) is 0 Å². The number of piperazine rings is 1. The Kier molecular flexibility index (Phi) is 5.02. The van der Waals surface area contributed by atoms with Crippen LogP contribution in [0.4, 0.5) is 5.82 Å². The molecule has 134 valence electrons. The molecule has 7 nitrogen and oxygen atoms in total. The average molecular weight is 370 g/mol. The van der Waals surface area contributed by atoms with Crippen LogP contribution in [0.25, 0.3) is 0 Å². The molecule has 2 aromatic rings. The summed E-state index contributed by atoms with van der Waals surface area (Å²) in [6.45, 7) is 3.08. The van der Waals surface area contributed by atoms with E-state index in [1.807, 2.05) is 11.0 Å². The molecule has 1 saturated heterocycles. The molecule has 0 unspecified atom stereocenters. The fraction of sp³-hybridized carbons (Fsp3) is 0.278. The molecule has 1 aromatic carbocycles. The van der Waals surface area contributed by atoms with Crippen molar-refractivity contribution in [1.29, 1.82) is 5.26 Å². The molecule has 0 aliphatic carbocycles. The molecule has 0 atom stereocenters. The first-order chi connectivity index (χ1) is 12.4. The first-order valence-corrected chi connectivity index (χ1v) is 9.58. The van der Waals surface area contributed by atoms with Crippen LogP contribution in [-0.2, 0) is 10.0 Å². The average Bonchev–Trinajstić information content (AvgIpc) is 2.68. The summed E-state index contributed by atoms with van der Waals surface area (Å²) >= 11 is 0. The summed E-state index contributed by atoms with van der Waals surface area (Å²) in [6, 6.07) is 11.6. The number of hydrogen-bond acceptors (Lipinski definition) is 6. The van der Waals surface area contributed by atoms with E-state index in [1.54, 1.807) is 24.3 Å². The standard InChI is InChI=1S/C18H18N4O3S/c1-14(23)16-3-2-4-17(11-16)26(24,25)22-9-7-21(8-10-22)18-6-5-15(12-19)13-20-18/h2-6,11,13H,7-10H2,1H3. The van der Waals surface area contributed by atoms with Gasteiger partial charge in [0.15, 0.2) is 5.78 Å². The Morgan fingerprint density at radius 2 is 1.88 bits per heavy atom. The van der Waals surface area contributed by atoms with E-state index in [0.29, 0.717) is 37.3 Å². The number of carbonyl (C=O) groups excluding carboxylic acids is 1. The SMILES string of the molecule is CC(=O)c1cccc(S(=O)(=O)N2CCN(c3ccc(C#N)cn3)CC2)c1. The second-order valence-electron chi connectivity index (χ2n) is 5.99. The van der Waals surface area contributed by atoms with Crippen molar-refractivity contribution in [2.75, 3.05) is 31.1 Å². The molecule has 3 rings (SSSR count). The number of nitrogens with zero attached hydrogens (tertiary/aromatic N) is 4. The fourth-order valence-corrected chi connectivity index (χ4v) is 4.29. The van der Waals surface area contributed by atoms with E-state index in [-0.39, 0.29) is 10.7 Å². The Balaban J connectivity index is 1.73. The lowest BCUT2D eigenvalue weighted by Crippen LogP contribution is -2.48. The molecule has 0 radical (unpaired) electrons. The van der Waals surface area contributed by atoms with Gasteiger partial charge in [0.2, 0.25) is 10.0 Å². The molecular weight excluding hydrogens is 352 g/mol. The van der Waals surface area contributed by atoms with Crippen LogP contribution in [0.3, 0.4) is 0 Å². The molecule has 8 heteroatoms. The van der Waals surface area contributed by atoms with Crippen LogP contribution in [0.5, 0.6) is 0 Å². The summed E-state index contributed by atoms with van der Waals surface area (Å²) in [5, 5.41) is 8.83. The number of hydrogen-bond donors (Lipinski definition) is 0. The molecule has 0 bridgehead atoms. The molecule has 1 aliphatic rings. The van der Waals surface area contributed by atoms with Gasteiger partial charge in [0, 0.05) is 37.9 Å². The number of benzene rings is 1. The number of ketones is 1. The first-order valence-electron chi connectivity index (χ1n) is 8.14. The Morgan fingerprint density at radius 1 is 1.15 bits per heavy atom. The zero-order valence-electron chi connectivity index (χ0n) is 14.3. The van der Waals surface area contributed by atoms with E-state index in [2.05, 4.69) is 4.98 Å². The molecule has 2 heterocycles. The van der Waals surface area contributed by atoms with Gasteiger partial charge in [-0.2, -0.15) is 9.57 Å². The number of carbonyl (C=O) groups is 1. The Hall–Kier alpha value is -2.76. The number of anilines is 1. The fourth-order valence-electron chi connectivity index (χ4n) is 2.82. The van der Waals surface area contributed by atoms with Crippen molar-refractivity contribution in [3.05, 3.63) is 53.7 Å². The van der Waals surface area contributed by atoms with Crippen molar-refractivity contribution in [3.8, 4) is 6.07 Å². The number of aromatic nitrogens is 1. The number of sulfonamides is 1. The zero-order valence-corrected chi connectivity index (χ0v) is 15.1. The number of nitriles is 1. The summed E-state index contributed by atoms with van der Waals surface area (Å²) in [4.78, 5) is 17.9. The monoisotopic (exact) mass is 370 g/mol. The van der Waals surface area contributed by atoms with E-state index in [0.717, 1.165) is 5.82 Å². The van der Waals surface area contributed by atoms with E-state index in [1.165, 1.54) is 29.6 Å². The molecule has 1 aliphatic heterocycles. The lowest BCUT2D eigenvalue weighted by atomic mass is 10.2. The molecule has 0 spiro atoms. The summed E-state index contributed by atoms with van der Waals surface area (Å²) < 4.78 is 27.1. The van der Waals surface area contributed by atoms with Crippen molar-refractivity contribution < 1.29 is 13.2 Å². The third-order valence-electron chi connectivity index (χ3n) is 4.32.